The Balaban J connectivity index is 1.55. The van der Waals surface area contributed by atoms with Crippen LogP contribution in [0.2, 0.25) is 0 Å². The van der Waals surface area contributed by atoms with Gasteiger partial charge >= 0.3 is 0 Å². The number of hydrogen-bond donors (Lipinski definition) is 2. The Bertz CT molecular complexity index is 826. The van der Waals surface area contributed by atoms with Gasteiger partial charge in [-0.05, 0) is 24.3 Å². The molecule has 2 aliphatic rings. The van der Waals surface area contributed by atoms with Gasteiger partial charge in [0.25, 0.3) is 0 Å². The van der Waals surface area contributed by atoms with E-state index in [1.807, 2.05) is 0 Å². The van der Waals surface area contributed by atoms with Crippen molar-refractivity contribution in [1.29, 1.82) is 0 Å². The lowest BCUT2D eigenvalue weighted by molar-refractivity contribution is -0.336. The highest BCUT2D eigenvalue weighted by Crippen LogP contribution is 2.36. The zero-order valence-electron chi connectivity index (χ0n) is 16.0. The van der Waals surface area contributed by atoms with Crippen molar-refractivity contribution in [2.75, 3.05) is 13.7 Å². The standard InChI is InChI=1S/C20H23NO8/c1-11(22)21-16-17(23)18-15(10-26-19(29-18)14-8-5-9-25-14)28-20(16)27-13-7-4-3-6-12(13)24-2/h3-9,15-20,23H,10H2,1-2H3,(H,21,22)/t15-,16+,17+,18+,19+,20+/m1/s1. The highest BCUT2D eigenvalue weighted by molar-refractivity contribution is 5.73. The molecule has 1 amide bonds. The van der Waals surface area contributed by atoms with Crippen molar-refractivity contribution < 1.29 is 38.0 Å². The number of nitrogens with one attached hydrogen (secondary N) is 1. The highest BCUT2D eigenvalue weighted by atomic mass is 16.8. The molecular weight excluding hydrogens is 382 g/mol. The van der Waals surface area contributed by atoms with Crippen LogP contribution in [0.15, 0.2) is 47.1 Å². The van der Waals surface area contributed by atoms with E-state index in [0.29, 0.717) is 17.3 Å². The number of fused-ring (bicyclic) bond motifs is 1. The smallest absolute Gasteiger partial charge is 0.223 e. The summed E-state index contributed by atoms with van der Waals surface area (Å²) in [6.45, 7) is 1.52. The molecule has 2 aliphatic heterocycles. The maximum atomic E-state index is 11.8. The van der Waals surface area contributed by atoms with Gasteiger partial charge < -0.3 is 38.5 Å². The molecule has 6 atom stereocenters. The Kier molecular flexibility index (Phi) is 5.72. The summed E-state index contributed by atoms with van der Waals surface area (Å²) in [5.41, 5.74) is 0. The van der Waals surface area contributed by atoms with E-state index in [-0.39, 0.29) is 12.5 Å². The Hall–Kier alpha value is -2.59. The number of benzene rings is 1. The molecule has 2 aromatic rings. The maximum Gasteiger partial charge on any atom is 0.223 e. The monoisotopic (exact) mass is 405 g/mol. The van der Waals surface area contributed by atoms with Gasteiger partial charge in [0.1, 0.15) is 24.4 Å². The minimum Gasteiger partial charge on any atom is -0.493 e. The molecular formula is C20H23NO8. The topological polar surface area (TPSA) is 109 Å². The Morgan fingerprint density at radius 3 is 2.66 bits per heavy atom. The number of aliphatic hydroxyl groups excluding tert-OH is 1. The summed E-state index contributed by atoms with van der Waals surface area (Å²) in [5.74, 6) is 1.08. The van der Waals surface area contributed by atoms with Crippen LogP contribution in [0.3, 0.4) is 0 Å². The number of furan rings is 1. The van der Waals surface area contributed by atoms with E-state index in [1.54, 1.807) is 36.4 Å². The van der Waals surface area contributed by atoms with E-state index in [0.717, 1.165) is 0 Å². The quantitative estimate of drug-likeness (QED) is 0.768. The third-order valence-electron chi connectivity index (χ3n) is 4.82. The lowest BCUT2D eigenvalue weighted by Crippen LogP contribution is -2.67. The van der Waals surface area contributed by atoms with Crippen LogP contribution in [0.25, 0.3) is 0 Å². The molecule has 2 fully saturated rings. The second kappa shape index (κ2) is 8.42. The average molecular weight is 405 g/mol. The van der Waals surface area contributed by atoms with Crippen molar-refractivity contribution in [1.82, 2.24) is 5.32 Å². The second-order valence-corrected chi connectivity index (χ2v) is 6.81. The largest absolute Gasteiger partial charge is 0.493 e. The zero-order chi connectivity index (χ0) is 20.4. The molecule has 0 unspecified atom stereocenters. The third-order valence-corrected chi connectivity index (χ3v) is 4.82. The van der Waals surface area contributed by atoms with Crippen molar-refractivity contribution in [3.05, 3.63) is 48.4 Å². The number of amides is 1. The first kappa shape index (κ1) is 19.7. The van der Waals surface area contributed by atoms with Crippen LogP contribution in [0.5, 0.6) is 11.5 Å². The molecule has 29 heavy (non-hydrogen) atoms. The predicted octanol–water partition coefficient (Wildman–Crippen LogP) is 1.37. The summed E-state index contributed by atoms with van der Waals surface area (Å²) in [4.78, 5) is 11.8. The normalized spacial score (nSPS) is 31.6. The molecule has 1 aromatic heterocycles. The first-order valence-corrected chi connectivity index (χ1v) is 9.27. The van der Waals surface area contributed by atoms with E-state index < -0.39 is 36.9 Å². The molecule has 0 saturated carbocycles. The number of hydrogen-bond acceptors (Lipinski definition) is 8. The number of para-hydroxylation sites is 2. The first-order valence-electron chi connectivity index (χ1n) is 9.27. The van der Waals surface area contributed by atoms with Crippen molar-refractivity contribution in [3.63, 3.8) is 0 Å². The van der Waals surface area contributed by atoms with Crippen LogP contribution in [-0.4, -0.2) is 55.4 Å². The van der Waals surface area contributed by atoms with Crippen molar-refractivity contribution >= 4 is 5.91 Å². The molecule has 1 aromatic carbocycles. The molecule has 4 rings (SSSR count). The Morgan fingerprint density at radius 2 is 1.97 bits per heavy atom. The summed E-state index contributed by atoms with van der Waals surface area (Å²) in [6, 6.07) is 9.63. The molecule has 9 heteroatoms. The number of ether oxygens (including phenoxy) is 5. The fourth-order valence-corrected chi connectivity index (χ4v) is 3.49. The van der Waals surface area contributed by atoms with Gasteiger partial charge in [-0.25, -0.2) is 0 Å². The summed E-state index contributed by atoms with van der Waals surface area (Å²) in [5, 5.41) is 13.7. The van der Waals surface area contributed by atoms with Crippen molar-refractivity contribution in [2.24, 2.45) is 0 Å². The number of carbonyl (C=O) groups excluding carboxylic acids is 1. The Morgan fingerprint density at radius 1 is 1.17 bits per heavy atom. The lowest BCUT2D eigenvalue weighted by Gasteiger charge is -2.47. The predicted molar refractivity (Wildman–Crippen MR) is 98.2 cm³/mol. The minimum atomic E-state index is -1.10. The van der Waals surface area contributed by atoms with E-state index >= 15 is 0 Å². The van der Waals surface area contributed by atoms with Gasteiger partial charge in [-0.1, -0.05) is 12.1 Å². The van der Waals surface area contributed by atoms with Crippen molar-refractivity contribution in [3.8, 4) is 11.5 Å². The number of aliphatic hydroxyl groups is 1. The van der Waals surface area contributed by atoms with Crippen LogP contribution in [0.1, 0.15) is 19.0 Å². The number of rotatable bonds is 5. The first-order chi connectivity index (χ1) is 14.1. The van der Waals surface area contributed by atoms with Crippen molar-refractivity contribution in [2.45, 2.75) is 43.9 Å². The molecule has 0 aliphatic carbocycles. The SMILES string of the molecule is COc1ccccc1O[C@H]1O[C@@H]2CO[C@H](c3ccco3)O[C@@H]2[C@@H](O)[C@@H]1NC(C)=O. The van der Waals surface area contributed by atoms with E-state index in [2.05, 4.69) is 5.32 Å². The van der Waals surface area contributed by atoms with Gasteiger partial charge in [0.15, 0.2) is 17.3 Å². The summed E-state index contributed by atoms with van der Waals surface area (Å²) < 4.78 is 34.2. The van der Waals surface area contributed by atoms with Gasteiger partial charge in [-0.15, -0.1) is 0 Å². The highest BCUT2D eigenvalue weighted by Gasteiger charge is 2.51. The second-order valence-electron chi connectivity index (χ2n) is 6.81. The molecule has 2 saturated heterocycles. The molecule has 0 radical (unpaired) electrons. The van der Waals surface area contributed by atoms with E-state index in [4.69, 9.17) is 28.1 Å². The van der Waals surface area contributed by atoms with Crippen LogP contribution in [0.4, 0.5) is 0 Å². The number of carbonyl (C=O) groups is 1. The van der Waals surface area contributed by atoms with Gasteiger partial charge in [0.05, 0.1) is 20.0 Å². The van der Waals surface area contributed by atoms with E-state index in [1.165, 1.54) is 20.3 Å². The zero-order valence-corrected chi connectivity index (χ0v) is 16.0. The fourth-order valence-electron chi connectivity index (χ4n) is 3.49. The van der Waals surface area contributed by atoms with Gasteiger partial charge in [-0.2, -0.15) is 0 Å². The fraction of sp³-hybridized carbons (Fsp3) is 0.450. The summed E-state index contributed by atoms with van der Waals surface area (Å²) in [7, 11) is 1.53. The molecule has 0 spiro atoms. The van der Waals surface area contributed by atoms with Gasteiger partial charge in [0, 0.05) is 6.92 Å². The Labute approximate surface area is 167 Å². The van der Waals surface area contributed by atoms with Crippen LogP contribution in [0, 0.1) is 0 Å². The molecule has 0 bridgehead atoms. The summed E-state index contributed by atoms with van der Waals surface area (Å²) in [6.07, 6.45) is -2.67. The lowest BCUT2D eigenvalue weighted by atomic mass is 9.96. The maximum absolute atomic E-state index is 11.8. The molecule has 156 valence electrons. The third kappa shape index (κ3) is 4.08. The molecule has 9 nitrogen and oxygen atoms in total. The van der Waals surface area contributed by atoms with E-state index in [9.17, 15) is 9.90 Å². The van der Waals surface area contributed by atoms with Crippen LogP contribution in [-0.2, 0) is 19.0 Å². The number of methoxy groups -OCH3 is 1. The minimum absolute atomic E-state index is 0.158. The van der Waals surface area contributed by atoms with Gasteiger partial charge in [-0.3, -0.25) is 4.79 Å². The molecule has 2 N–H and O–H groups in total. The molecule has 3 heterocycles. The van der Waals surface area contributed by atoms with Crippen LogP contribution >= 0.6 is 0 Å². The van der Waals surface area contributed by atoms with Gasteiger partial charge in [0.2, 0.25) is 18.5 Å². The van der Waals surface area contributed by atoms with Crippen LogP contribution < -0.4 is 14.8 Å². The summed E-state index contributed by atoms with van der Waals surface area (Å²) >= 11 is 0. The average Bonchev–Trinajstić information content (AvgIpc) is 3.26.